The third-order valence-corrected chi connectivity index (χ3v) is 3.36. The Kier molecular flexibility index (Phi) is 5.64. The summed E-state index contributed by atoms with van der Waals surface area (Å²) < 4.78 is 37.6. The maximum absolute atomic E-state index is 13.9. The van der Waals surface area contributed by atoms with Crippen LogP contribution >= 0.6 is 0 Å². The van der Waals surface area contributed by atoms with Crippen LogP contribution in [0.1, 0.15) is 31.4 Å². The Balaban J connectivity index is 2.14. The lowest BCUT2D eigenvalue weighted by Crippen LogP contribution is -2.36. The van der Waals surface area contributed by atoms with Crippen LogP contribution in [0, 0.1) is 11.6 Å². The molecule has 2 atom stereocenters. The van der Waals surface area contributed by atoms with Crippen molar-refractivity contribution in [3.63, 3.8) is 0 Å². The van der Waals surface area contributed by atoms with Crippen LogP contribution in [0.5, 0.6) is 0 Å². The highest BCUT2D eigenvalue weighted by Crippen LogP contribution is 2.21. The van der Waals surface area contributed by atoms with Gasteiger partial charge in [-0.05, 0) is 38.0 Å². The molecule has 1 fully saturated rings. The van der Waals surface area contributed by atoms with Crippen molar-refractivity contribution >= 4 is 5.97 Å². The second-order valence-electron chi connectivity index (χ2n) is 4.89. The lowest BCUT2D eigenvalue weighted by Gasteiger charge is -2.20. The van der Waals surface area contributed by atoms with Crippen molar-refractivity contribution in [2.75, 3.05) is 19.8 Å². The summed E-state index contributed by atoms with van der Waals surface area (Å²) in [6.07, 6.45) is 1.83. The summed E-state index contributed by atoms with van der Waals surface area (Å²) in [6.45, 7) is 2.91. The first-order chi connectivity index (χ1) is 10.1. The first kappa shape index (κ1) is 15.9. The van der Waals surface area contributed by atoms with E-state index in [1.54, 1.807) is 6.92 Å². The van der Waals surface area contributed by atoms with Gasteiger partial charge in [-0.25, -0.2) is 13.6 Å². The van der Waals surface area contributed by atoms with Gasteiger partial charge in [-0.1, -0.05) is 0 Å². The van der Waals surface area contributed by atoms with Crippen LogP contribution in [0.15, 0.2) is 18.2 Å². The Labute approximate surface area is 122 Å². The van der Waals surface area contributed by atoms with Gasteiger partial charge in [0.25, 0.3) is 0 Å². The van der Waals surface area contributed by atoms with E-state index >= 15 is 0 Å². The van der Waals surface area contributed by atoms with Crippen molar-refractivity contribution in [3.8, 4) is 0 Å². The second kappa shape index (κ2) is 7.47. The van der Waals surface area contributed by atoms with Gasteiger partial charge in [0.15, 0.2) is 0 Å². The molecular weight excluding hydrogens is 280 g/mol. The molecule has 0 aliphatic carbocycles. The Morgan fingerprint density at radius 1 is 1.52 bits per heavy atom. The number of hydrogen-bond donors (Lipinski definition) is 1. The maximum atomic E-state index is 13.9. The highest BCUT2D eigenvalue weighted by Gasteiger charge is 2.27. The largest absolute Gasteiger partial charge is 0.465 e. The standard InChI is InChI=1S/C15H19F2NO3/c1-2-20-15(19)14(18-9-11-4-3-7-21-11)12-8-10(16)5-6-13(12)17/h5-6,8,11,14,18H,2-4,7,9H2,1H3. The number of hydrogen-bond acceptors (Lipinski definition) is 4. The first-order valence-corrected chi connectivity index (χ1v) is 7.08. The third kappa shape index (κ3) is 4.22. The predicted octanol–water partition coefficient (Wildman–Crippen LogP) is 2.34. The van der Waals surface area contributed by atoms with E-state index in [2.05, 4.69) is 5.32 Å². The fourth-order valence-corrected chi connectivity index (χ4v) is 2.34. The molecule has 1 N–H and O–H groups in total. The van der Waals surface area contributed by atoms with Crippen LogP contribution in [0.3, 0.4) is 0 Å². The molecular formula is C15H19F2NO3. The quantitative estimate of drug-likeness (QED) is 0.819. The van der Waals surface area contributed by atoms with Gasteiger partial charge in [0, 0.05) is 18.7 Å². The van der Waals surface area contributed by atoms with Gasteiger partial charge >= 0.3 is 5.97 Å². The minimum atomic E-state index is -1.04. The topological polar surface area (TPSA) is 47.6 Å². The molecule has 0 aromatic heterocycles. The van der Waals surface area contributed by atoms with E-state index in [-0.39, 0.29) is 18.3 Å². The average Bonchev–Trinajstić information content (AvgIpc) is 2.96. The molecule has 0 amide bonds. The predicted molar refractivity (Wildman–Crippen MR) is 72.7 cm³/mol. The average molecular weight is 299 g/mol. The SMILES string of the molecule is CCOC(=O)C(NCC1CCCO1)c1cc(F)ccc1F. The first-order valence-electron chi connectivity index (χ1n) is 7.08. The van der Waals surface area contributed by atoms with E-state index in [0.29, 0.717) is 13.2 Å². The molecule has 116 valence electrons. The van der Waals surface area contributed by atoms with Crippen LogP contribution in [0.4, 0.5) is 8.78 Å². The summed E-state index contributed by atoms with van der Waals surface area (Å²) in [6, 6.07) is 2.00. The smallest absolute Gasteiger partial charge is 0.327 e. The van der Waals surface area contributed by atoms with Crippen molar-refractivity contribution in [1.82, 2.24) is 5.32 Å². The molecule has 2 rings (SSSR count). The number of carbonyl (C=O) groups is 1. The Morgan fingerprint density at radius 3 is 3.00 bits per heavy atom. The van der Waals surface area contributed by atoms with Crippen molar-refractivity contribution in [1.29, 1.82) is 0 Å². The summed E-state index contributed by atoms with van der Waals surface area (Å²) in [4.78, 5) is 12.0. The molecule has 6 heteroatoms. The number of rotatable bonds is 6. The molecule has 0 radical (unpaired) electrons. The molecule has 1 aliphatic heterocycles. The summed E-state index contributed by atoms with van der Waals surface area (Å²) in [5.41, 5.74) is -0.0496. The van der Waals surface area contributed by atoms with Gasteiger partial charge in [-0.2, -0.15) is 0 Å². The Morgan fingerprint density at radius 2 is 2.33 bits per heavy atom. The number of nitrogens with one attached hydrogen (secondary N) is 1. The zero-order valence-electron chi connectivity index (χ0n) is 11.9. The molecule has 21 heavy (non-hydrogen) atoms. The van der Waals surface area contributed by atoms with Crippen molar-refractivity contribution in [2.24, 2.45) is 0 Å². The van der Waals surface area contributed by atoms with Crippen LogP contribution in [0.25, 0.3) is 0 Å². The van der Waals surface area contributed by atoms with Crippen molar-refractivity contribution < 1.29 is 23.0 Å². The monoisotopic (exact) mass is 299 g/mol. The molecule has 1 saturated heterocycles. The van der Waals surface area contributed by atoms with Gasteiger partial charge in [0.05, 0.1) is 12.7 Å². The van der Waals surface area contributed by atoms with Gasteiger partial charge in [-0.15, -0.1) is 0 Å². The van der Waals surface area contributed by atoms with E-state index < -0.39 is 23.6 Å². The summed E-state index contributed by atoms with van der Waals surface area (Å²) >= 11 is 0. The molecule has 0 bridgehead atoms. The van der Waals surface area contributed by atoms with Crippen LogP contribution in [0.2, 0.25) is 0 Å². The van der Waals surface area contributed by atoms with Gasteiger partial charge < -0.3 is 9.47 Å². The summed E-state index contributed by atoms with van der Waals surface area (Å²) in [5.74, 6) is -1.87. The van der Waals surface area contributed by atoms with Gasteiger partial charge in [-0.3, -0.25) is 5.32 Å². The molecule has 1 aromatic carbocycles. The van der Waals surface area contributed by atoms with Gasteiger partial charge in [0.2, 0.25) is 0 Å². The molecule has 1 heterocycles. The molecule has 4 nitrogen and oxygen atoms in total. The maximum Gasteiger partial charge on any atom is 0.327 e. The second-order valence-corrected chi connectivity index (χ2v) is 4.89. The minimum absolute atomic E-state index is 0.0152. The van der Waals surface area contributed by atoms with Crippen LogP contribution in [-0.2, 0) is 14.3 Å². The van der Waals surface area contributed by atoms with E-state index in [9.17, 15) is 13.6 Å². The van der Waals surface area contributed by atoms with Crippen molar-refractivity contribution in [3.05, 3.63) is 35.4 Å². The molecule has 1 aliphatic rings. The Hall–Kier alpha value is -1.53. The summed E-state index contributed by atoms with van der Waals surface area (Å²) in [5, 5.41) is 2.92. The summed E-state index contributed by atoms with van der Waals surface area (Å²) in [7, 11) is 0. The number of benzene rings is 1. The van der Waals surface area contributed by atoms with Crippen LogP contribution < -0.4 is 5.32 Å². The zero-order valence-corrected chi connectivity index (χ0v) is 11.9. The van der Waals surface area contributed by atoms with E-state index in [1.807, 2.05) is 0 Å². The van der Waals surface area contributed by atoms with E-state index in [1.165, 1.54) is 0 Å². The van der Waals surface area contributed by atoms with E-state index in [0.717, 1.165) is 31.0 Å². The Bertz CT molecular complexity index is 490. The lowest BCUT2D eigenvalue weighted by atomic mass is 10.1. The van der Waals surface area contributed by atoms with Crippen molar-refractivity contribution in [2.45, 2.75) is 31.9 Å². The number of esters is 1. The number of carbonyl (C=O) groups excluding carboxylic acids is 1. The number of ether oxygens (including phenoxy) is 2. The van der Waals surface area contributed by atoms with Crippen LogP contribution in [-0.4, -0.2) is 31.8 Å². The highest BCUT2D eigenvalue weighted by molar-refractivity contribution is 5.77. The molecule has 0 spiro atoms. The fourth-order valence-electron chi connectivity index (χ4n) is 2.34. The zero-order chi connectivity index (χ0) is 15.2. The minimum Gasteiger partial charge on any atom is -0.465 e. The lowest BCUT2D eigenvalue weighted by molar-refractivity contribution is -0.146. The fraction of sp³-hybridized carbons (Fsp3) is 0.533. The normalized spacial score (nSPS) is 19.5. The molecule has 1 aromatic rings. The number of halogens is 2. The van der Waals surface area contributed by atoms with E-state index in [4.69, 9.17) is 9.47 Å². The third-order valence-electron chi connectivity index (χ3n) is 3.36. The molecule has 2 unspecified atom stereocenters. The van der Waals surface area contributed by atoms with Gasteiger partial charge in [0.1, 0.15) is 17.7 Å². The highest BCUT2D eigenvalue weighted by atomic mass is 19.1. The molecule has 0 saturated carbocycles.